The molecule has 0 aliphatic rings. The van der Waals surface area contributed by atoms with Crippen molar-refractivity contribution < 1.29 is 4.74 Å². The average Bonchev–Trinajstić information content (AvgIpc) is 2.42. The maximum Gasteiger partial charge on any atom is 0.274 e. The van der Waals surface area contributed by atoms with Crippen molar-refractivity contribution in [2.24, 2.45) is 0 Å². The van der Waals surface area contributed by atoms with Crippen molar-refractivity contribution in [3.05, 3.63) is 46.8 Å². The van der Waals surface area contributed by atoms with Crippen LogP contribution in [0.3, 0.4) is 0 Å². The monoisotopic (exact) mass is 272 g/mol. The lowest BCUT2D eigenvalue weighted by atomic mass is 10.1. The number of nitrogens with zero attached hydrogens (tertiary/aromatic N) is 1. The molecule has 0 saturated carbocycles. The summed E-state index contributed by atoms with van der Waals surface area (Å²) in [5.74, 6) is 0.772. The zero-order valence-corrected chi connectivity index (χ0v) is 12.1. The molecule has 2 aromatic rings. The van der Waals surface area contributed by atoms with Gasteiger partial charge in [-0.05, 0) is 45.0 Å². The van der Waals surface area contributed by atoms with Gasteiger partial charge in [0.25, 0.3) is 5.56 Å². The number of ether oxygens (including phenoxy) is 1. The second kappa shape index (κ2) is 5.82. The summed E-state index contributed by atoms with van der Waals surface area (Å²) in [5, 5.41) is 0. The molecule has 2 N–H and O–H groups in total. The van der Waals surface area contributed by atoms with Crippen molar-refractivity contribution in [3.63, 3.8) is 0 Å². The van der Waals surface area contributed by atoms with Crippen LogP contribution in [-0.4, -0.2) is 11.2 Å². The first-order chi connectivity index (χ1) is 9.56. The zero-order valence-electron chi connectivity index (χ0n) is 12.1. The first kappa shape index (κ1) is 14.2. The van der Waals surface area contributed by atoms with Crippen LogP contribution in [0, 0.1) is 0 Å². The van der Waals surface area contributed by atoms with Crippen LogP contribution in [0.5, 0.6) is 5.75 Å². The number of nitrogen functional groups attached to an aromatic ring is 1. The van der Waals surface area contributed by atoms with E-state index in [0.717, 1.165) is 17.0 Å². The summed E-state index contributed by atoms with van der Waals surface area (Å²) in [7, 11) is 0. The van der Waals surface area contributed by atoms with Crippen LogP contribution in [0.2, 0.25) is 0 Å². The third kappa shape index (κ3) is 2.54. The number of benzene rings is 1. The van der Waals surface area contributed by atoms with E-state index in [9.17, 15) is 4.79 Å². The number of aromatic nitrogens is 1. The van der Waals surface area contributed by atoms with Gasteiger partial charge in [-0.3, -0.25) is 4.79 Å². The van der Waals surface area contributed by atoms with E-state index in [0.29, 0.717) is 6.61 Å². The van der Waals surface area contributed by atoms with Gasteiger partial charge in [0.15, 0.2) is 0 Å². The van der Waals surface area contributed by atoms with E-state index in [1.54, 1.807) is 10.6 Å². The zero-order chi connectivity index (χ0) is 14.7. The molecular formula is C16H20N2O2. The van der Waals surface area contributed by atoms with Gasteiger partial charge in [0.2, 0.25) is 0 Å². The van der Waals surface area contributed by atoms with E-state index in [-0.39, 0.29) is 17.3 Å². The molecule has 1 aromatic heterocycles. The number of anilines is 1. The van der Waals surface area contributed by atoms with E-state index in [2.05, 4.69) is 0 Å². The van der Waals surface area contributed by atoms with Crippen LogP contribution >= 0.6 is 0 Å². The van der Waals surface area contributed by atoms with Crippen molar-refractivity contribution in [2.75, 3.05) is 12.3 Å². The van der Waals surface area contributed by atoms with E-state index in [1.807, 2.05) is 51.1 Å². The summed E-state index contributed by atoms with van der Waals surface area (Å²) in [4.78, 5) is 12.3. The summed E-state index contributed by atoms with van der Waals surface area (Å²) in [5.41, 5.74) is 7.56. The molecule has 0 unspecified atom stereocenters. The third-order valence-electron chi connectivity index (χ3n) is 3.13. The Labute approximate surface area is 118 Å². The third-order valence-corrected chi connectivity index (χ3v) is 3.13. The van der Waals surface area contributed by atoms with Crippen LogP contribution in [0.15, 0.2) is 41.2 Å². The maximum absolute atomic E-state index is 12.3. The van der Waals surface area contributed by atoms with Gasteiger partial charge in [0.05, 0.1) is 18.0 Å². The van der Waals surface area contributed by atoms with Crippen molar-refractivity contribution in [1.29, 1.82) is 0 Å². The molecule has 4 nitrogen and oxygen atoms in total. The second-order valence-electron chi connectivity index (χ2n) is 4.87. The van der Waals surface area contributed by atoms with Crippen LogP contribution in [0.25, 0.3) is 11.3 Å². The number of nitrogens with two attached hydrogens (primary N) is 1. The molecule has 0 saturated heterocycles. The van der Waals surface area contributed by atoms with Gasteiger partial charge in [0.1, 0.15) is 5.75 Å². The topological polar surface area (TPSA) is 57.2 Å². The highest BCUT2D eigenvalue weighted by molar-refractivity contribution is 5.68. The Kier molecular flexibility index (Phi) is 4.13. The maximum atomic E-state index is 12.3. The average molecular weight is 272 g/mol. The minimum atomic E-state index is -0.163. The smallest absolute Gasteiger partial charge is 0.274 e. The molecule has 0 spiro atoms. The predicted octanol–water partition coefficient (Wildman–Crippen LogP) is 3.08. The lowest BCUT2D eigenvalue weighted by Gasteiger charge is -2.19. The van der Waals surface area contributed by atoms with Gasteiger partial charge < -0.3 is 15.0 Å². The standard InChI is InChI=1S/C16H20N2O2/c1-4-20-15-8-6-5-7-12(15)14-10-9-13(17)16(19)18(14)11(2)3/h5-11H,4,17H2,1-3H3. The first-order valence-electron chi connectivity index (χ1n) is 6.79. The Bertz CT molecular complexity index is 660. The molecule has 0 bridgehead atoms. The lowest BCUT2D eigenvalue weighted by Crippen LogP contribution is -2.25. The minimum absolute atomic E-state index is 0.0238. The Morgan fingerprint density at radius 1 is 1.20 bits per heavy atom. The molecule has 20 heavy (non-hydrogen) atoms. The highest BCUT2D eigenvalue weighted by Crippen LogP contribution is 2.30. The molecule has 4 heteroatoms. The van der Waals surface area contributed by atoms with Crippen LogP contribution in [0.1, 0.15) is 26.8 Å². The summed E-state index contributed by atoms with van der Waals surface area (Å²) in [6, 6.07) is 11.3. The largest absolute Gasteiger partial charge is 0.493 e. The summed E-state index contributed by atoms with van der Waals surface area (Å²) in [6.07, 6.45) is 0. The quantitative estimate of drug-likeness (QED) is 0.930. The molecule has 0 aliphatic carbocycles. The molecule has 0 fully saturated rings. The van der Waals surface area contributed by atoms with Gasteiger partial charge in [-0.25, -0.2) is 0 Å². The Balaban J connectivity index is 2.70. The molecule has 1 aromatic carbocycles. The molecule has 106 valence electrons. The van der Waals surface area contributed by atoms with Crippen molar-refractivity contribution >= 4 is 5.69 Å². The molecular weight excluding hydrogens is 252 g/mol. The molecule has 2 rings (SSSR count). The highest BCUT2D eigenvalue weighted by Gasteiger charge is 2.14. The second-order valence-corrected chi connectivity index (χ2v) is 4.87. The number of para-hydroxylation sites is 1. The van der Waals surface area contributed by atoms with Gasteiger partial charge in [-0.2, -0.15) is 0 Å². The van der Waals surface area contributed by atoms with Crippen molar-refractivity contribution in [1.82, 2.24) is 4.57 Å². The fourth-order valence-corrected chi connectivity index (χ4v) is 2.26. The SMILES string of the molecule is CCOc1ccccc1-c1ccc(N)c(=O)n1C(C)C. The van der Waals surface area contributed by atoms with E-state index >= 15 is 0 Å². The van der Waals surface area contributed by atoms with Crippen LogP contribution in [-0.2, 0) is 0 Å². The van der Waals surface area contributed by atoms with Crippen LogP contribution in [0.4, 0.5) is 5.69 Å². The molecule has 0 aliphatic heterocycles. The fraction of sp³-hybridized carbons (Fsp3) is 0.312. The Hall–Kier alpha value is -2.23. The number of rotatable bonds is 4. The van der Waals surface area contributed by atoms with Crippen molar-refractivity contribution in [3.8, 4) is 17.0 Å². The van der Waals surface area contributed by atoms with E-state index < -0.39 is 0 Å². The lowest BCUT2D eigenvalue weighted by molar-refractivity contribution is 0.341. The molecule has 0 amide bonds. The summed E-state index contributed by atoms with van der Waals surface area (Å²) >= 11 is 0. The molecule has 1 heterocycles. The summed E-state index contributed by atoms with van der Waals surface area (Å²) < 4.78 is 7.35. The fourth-order valence-electron chi connectivity index (χ4n) is 2.26. The van der Waals surface area contributed by atoms with Gasteiger partial charge in [-0.15, -0.1) is 0 Å². The first-order valence-corrected chi connectivity index (χ1v) is 6.79. The van der Waals surface area contributed by atoms with Crippen molar-refractivity contribution in [2.45, 2.75) is 26.8 Å². The van der Waals surface area contributed by atoms with E-state index in [4.69, 9.17) is 10.5 Å². The highest BCUT2D eigenvalue weighted by atomic mass is 16.5. The predicted molar refractivity (Wildman–Crippen MR) is 82.1 cm³/mol. The van der Waals surface area contributed by atoms with E-state index in [1.165, 1.54) is 0 Å². The Morgan fingerprint density at radius 2 is 1.90 bits per heavy atom. The number of hydrogen-bond acceptors (Lipinski definition) is 3. The number of pyridine rings is 1. The van der Waals surface area contributed by atoms with Gasteiger partial charge >= 0.3 is 0 Å². The Morgan fingerprint density at radius 3 is 2.55 bits per heavy atom. The van der Waals surface area contributed by atoms with Crippen LogP contribution < -0.4 is 16.0 Å². The summed E-state index contributed by atoms with van der Waals surface area (Å²) in [6.45, 7) is 6.45. The minimum Gasteiger partial charge on any atom is -0.493 e. The number of hydrogen-bond donors (Lipinski definition) is 1. The van der Waals surface area contributed by atoms with Gasteiger partial charge in [0, 0.05) is 11.6 Å². The molecule has 0 atom stereocenters. The van der Waals surface area contributed by atoms with Gasteiger partial charge in [-0.1, -0.05) is 12.1 Å². The normalized spacial score (nSPS) is 10.8. The molecule has 0 radical (unpaired) electrons.